The first-order valence-corrected chi connectivity index (χ1v) is 10.6. The quantitative estimate of drug-likeness (QED) is 0.764. The number of nitrogens with zero attached hydrogens (tertiary/aromatic N) is 3. The first-order chi connectivity index (χ1) is 15.0. The Hall–Kier alpha value is -3.35. The summed E-state index contributed by atoms with van der Waals surface area (Å²) < 4.78 is 5.08. The van der Waals surface area contributed by atoms with E-state index < -0.39 is 5.92 Å². The third-order valence-electron chi connectivity index (χ3n) is 6.10. The van der Waals surface area contributed by atoms with Crippen LogP contribution in [-0.2, 0) is 9.53 Å². The lowest BCUT2D eigenvalue weighted by Gasteiger charge is -2.43. The fourth-order valence-corrected chi connectivity index (χ4v) is 4.53. The Labute approximate surface area is 182 Å². The molecule has 0 saturated carbocycles. The normalized spacial score (nSPS) is 21.0. The lowest BCUT2D eigenvalue weighted by molar-refractivity contribution is -0.136. The van der Waals surface area contributed by atoms with E-state index in [0.29, 0.717) is 38.3 Å². The molecule has 162 valence electrons. The van der Waals surface area contributed by atoms with Crippen LogP contribution in [0.2, 0.25) is 0 Å². The Balaban J connectivity index is 1.65. The summed E-state index contributed by atoms with van der Waals surface area (Å²) in [6.45, 7) is 3.86. The number of carbonyl (C=O) groups is 3. The molecule has 0 unspecified atom stereocenters. The molecule has 2 aliphatic heterocycles. The highest BCUT2D eigenvalue weighted by molar-refractivity contribution is 6.01. The maximum atomic E-state index is 13.8. The molecule has 31 heavy (non-hydrogen) atoms. The topological polar surface area (TPSA) is 70.2 Å². The summed E-state index contributed by atoms with van der Waals surface area (Å²) >= 11 is 0. The second-order valence-corrected chi connectivity index (χ2v) is 7.85. The molecule has 0 aromatic heterocycles. The number of likely N-dealkylation sites (N-methyl/N-ethyl adjacent to an activating group) is 1. The number of hydrogen-bond acceptors (Lipinski definition) is 4. The number of rotatable bonds is 3. The van der Waals surface area contributed by atoms with Gasteiger partial charge in [-0.25, -0.2) is 4.79 Å². The first-order valence-electron chi connectivity index (χ1n) is 10.6. The molecular formula is C24H27N3O4. The molecule has 3 amide bonds. The molecule has 0 radical (unpaired) electrons. The summed E-state index contributed by atoms with van der Waals surface area (Å²) in [5, 5.41) is 0. The average Bonchev–Trinajstić information content (AvgIpc) is 2.81. The Kier molecular flexibility index (Phi) is 5.93. The van der Waals surface area contributed by atoms with Crippen molar-refractivity contribution in [1.82, 2.24) is 14.7 Å². The van der Waals surface area contributed by atoms with Gasteiger partial charge < -0.3 is 19.4 Å². The molecule has 2 aromatic rings. The van der Waals surface area contributed by atoms with Gasteiger partial charge in [-0.3, -0.25) is 9.59 Å². The Morgan fingerprint density at radius 2 is 1.55 bits per heavy atom. The van der Waals surface area contributed by atoms with Crippen molar-refractivity contribution in [3.8, 4) is 0 Å². The highest BCUT2D eigenvalue weighted by Crippen LogP contribution is 2.42. The smallest absolute Gasteiger partial charge is 0.409 e. The number of carbonyl (C=O) groups excluding carboxylic acids is 3. The molecule has 0 aliphatic carbocycles. The number of ether oxygens (including phenoxy) is 1. The molecule has 2 aromatic carbocycles. The Bertz CT molecular complexity index is 970. The van der Waals surface area contributed by atoms with Gasteiger partial charge in [0.2, 0.25) is 5.91 Å². The molecule has 4 rings (SSSR count). The molecule has 7 heteroatoms. The molecule has 0 spiro atoms. The maximum Gasteiger partial charge on any atom is 0.409 e. The minimum atomic E-state index is -0.504. The van der Waals surface area contributed by atoms with Crippen LogP contribution in [0.3, 0.4) is 0 Å². The van der Waals surface area contributed by atoms with E-state index in [1.165, 1.54) is 0 Å². The molecule has 1 saturated heterocycles. The first kappa shape index (κ1) is 20.9. The predicted octanol–water partition coefficient (Wildman–Crippen LogP) is 2.90. The van der Waals surface area contributed by atoms with E-state index in [2.05, 4.69) is 0 Å². The van der Waals surface area contributed by atoms with E-state index in [0.717, 1.165) is 11.1 Å². The van der Waals surface area contributed by atoms with Gasteiger partial charge in [0.25, 0.3) is 5.91 Å². The zero-order valence-corrected chi connectivity index (χ0v) is 17.9. The van der Waals surface area contributed by atoms with Crippen LogP contribution in [0.1, 0.15) is 40.4 Å². The maximum absolute atomic E-state index is 13.8. The number of hydrogen-bond donors (Lipinski definition) is 0. The summed E-state index contributed by atoms with van der Waals surface area (Å²) in [7, 11) is 1.76. The van der Waals surface area contributed by atoms with Crippen LogP contribution in [0.25, 0.3) is 0 Å². The van der Waals surface area contributed by atoms with Gasteiger partial charge in [-0.05, 0) is 24.1 Å². The summed E-state index contributed by atoms with van der Waals surface area (Å²) in [6.07, 6.45) is -0.342. The second kappa shape index (κ2) is 8.79. The van der Waals surface area contributed by atoms with Crippen LogP contribution in [0.5, 0.6) is 0 Å². The van der Waals surface area contributed by atoms with E-state index in [4.69, 9.17) is 4.74 Å². The van der Waals surface area contributed by atoms with Crippen LogP contribution in [0, 0.1) is 0 Å². The third-order valence-corrected chi connectivity index (χ3v) is 6.10. The van der Waals surface area contributed by atoms with E-state index in [1.807, 2.05) is 48.5 Å². The largest absolute Gasteiger partial charge is 0.450 e. The lowest BCUT2D eigenvalue weighted by Crippen LogP contribution is -2.54. The lowest BCUT2D eigenvalue weighted by atomic mass is 9.79. The molecule has 2 atom stereocenters. The van der Waals surface area contributed by atoms with Gasteiger partial charge >= 0.3 is 6.09 Å². The summed E-state index contributed by atoms with van der Waals surface area (Å²) in [6, 6.07) is 16.7. The van der Waals surface area contributed by atoms with E-state index >= 15 is 0 Å². The van der Waals surface area contributed by atoms with Gasteiger partial charge in [0.1, 0.15) is 0 Å². The van der Waals surface area contributed by atoms with Gasteiger partial charge in [-0.15, -0.1) is 0 Å². The van der Waals surface area contributed by atoms with Gasteiger partial charge in [0.05, 0.1) is 18.6 Å². The molecular weight excluding hydrogens is 394 g/mol. The summed E-state index contributed by atoms with van der Waals surface area (Å²) in [5.41, 5.74) is 2.26. The third kappa shape index (κ3) is 3.87. The molecule has 1 fully saturated rings. The fourth-order valence-electron chi connectivity index (χ4n) is 4.53. The molecule has 2 aliphatic rings. The van der Waals surface area contributed by atoms with Crippen LogP contribution in [0.4, 0.5) is 4.79 Å². The standard InChI is InChI=1S/C24H27N3O4/c1-3-31-24(30)27-15-13-26(14-16-27)23(29)20-18-11-7-8-12-19(18)22(28)25(2)21(20)17-9-5-4-6-10-17/h4-12,20-21H,3,13-16H2,1-2H3/t20-,21-/m1/s1. The van der Waals surface area contributed by atoms with Crippen LogP contribution in [-0.4, -0.2) is 72.4 Å². The molecule has 7 nitrogen and oxygen atoms in total. The van der Waals surface area contributed by atoms with Crippen molar-refractivity contribution in [3.05, 3.63) is 71.3 Å². The molecule has 2 heterocycles. The Morgan fingerprint density at radius 3 is 2.23 bits per heavy atom. The highest BCUT2D eigenvalue weighted by atomic mass is 16.6. The van der Waals surface area contributed by atoms with Crippen LogP contribution in [0.15, 0.2) is 54.6 Å². The predicted molar refractivity (Wildman–Crippen MR) is 116 cm³/mol. The number of amides is 3. The zero-order valence-electron chi connectivity index (χ0n) is 17.9. The molecule has 0 bridgehead atoms. The minimum Gasteiger partial charge on any atom is -0.450 e. The van der Waals surface area contributed by atoms with Crippen LogP contribution >= 0.6 is 0 Å². The van der Waals surface area contributed by atoms with Gasteiger partial charge in [0.15, 0.2) is 0 Å². The number of piperazine rings is 1. The van der Waals surface area contributed by atoms with E-state index in [-0.39, 0.29) is 23.9 Å². The number of fused-ring (bicyclic) bond motifs is 1. The van der Waals surface area contributed by atoms with Crippen molar-refractivity contribution in [1.29, 1.82) is 0 Å². The molecule has 0 N–H and O–H groups in total. The van der Waals surface area contributed by atoms with Gasteiger partial charge in [-0.2, -0.15) is 0 Å². The summed E-state index contributed by atoms with van der Waals surface area (Å²) in [5.74, 6) is -0.611. The monoisotopic (exact) mass is 421 g/mol. The fraction of sp³-hybridized carbons (Fsp3) is 0.375. The van der Waals surface area contributed by atoms with Crippen molar-refractivity contribution in [2.45, 2.75) is 18.9 Å². The van der Waals surface area contributed by atoms with E-state index in [1.54, 1.807) is 34.7 Å². The van der Waals surface area contributed by atoms with Crippen molar-refractivity contribution >= 4 is 17.9 Å². The van der Waals surface area contributed by atoms with Crippen molar-refractivity contribution in [2.75, 3.05) is 39.8 Å². The van der Waals surface area contributed by atoms with Crippen molar-refractivity contribution in [3.63, 3.8) is 0 Å². The van der Waals surface area contributed by atoms with Crippen molar-refractivity contribution in [2.24, 2.45) is 0 Å². The highest BCUT2D eigenvalue weighted by Gasteiger charge is 2.44. The summed E-state index contributed by atoms with van der Waals surface area (Å²) in [4.78, 5) is 44.0. The van der Waals surface area contributed by atoms with E-state index in [9.17, 15) is 14.4 Å². The zero-order chi connectivity index (χ0) is 22.0. The average molecular weight is 421 g/mol. The minimum absolute atomic E-state index is 0.0239. The Morgan fingerprint density at radius 1 is 0.935 bits per heavy atom. The number of benzene rings is 2. The van der Waals surface area contributed by atoms with Gasteiger partial charge in [-0.1, -0.05) is 48.5 Å². The SMILES string of the molecule is CCOC(=O)N1CCN(C(=O)[C@@H]2c3ccccc3C(=O)N(C)[C@@H]2c2ccccc2)CC1. The van der Waals surface area contributed by atoms with Crippen molar-refractivity contribution < 1.29 is 19.1 Å². The second-order valence-electron chi connectivity index (χ2n) is 7.85. The van der Waals surface area contributed by atoms with Gasteiger partial charge in [0, 0.05) is 38.8 Å². The van der Waals surface area contributed by atoms with Crippen LogP contribution < -0.4 is 0 Å².